The van der Waals surface area contributed by atoms with E-state index in [1.807, 2.05) is 13.8 Å². The number of anilines is 1. The predicted molar refractivity (Wildman–Crippen MR) is 173 cm³/mol. The molecule has 0 radical (unpaired) electrons. The van der Waals surface area contributed by atoms with E-state index in [1.54, 1.807) is 44.2 Å². The number of nitrogens with one attached hydrogen (secondary N) is 4. The highest BCUT2D eigenvalue weighted by atomic mass is 16.4. The summed E-state index contributed by atoms with van der Waals surface area (Å²) in [5, 5.41) is 39.6. The van der Waals surface area contributed by atoms with Crippen LogP contribution in [0, 0.1) is 11.8 Å². The molecule has 14 nitrogen and oxygen atoms in total. The van der Waals surface area contributed by atoms with Crippen molar-refractivity contribution in [1.82, 2.24) is 16.0 Å². The van der Waals surface area contributed by atoms with E-state index in [1.165, 1.54) is 24.3 Å². The highest BCUT2D eigenvalue weighted by Crippen LogP contribution is 2.14. The van der Waals surface area contributed by atoms with Crippen molar-refractivity contribution in [1.29, 1.82) is 0 Å². The monoisotopic (exact) mass is 655 g/mol. The van der Waals surface area contributed by atoms with Gasteiger partial charge in [-0.1, -0.05) is 58.0 Å². The number of aromatic carboxylic acids is 1. The van der Waals surface area contributed by atoms with Gasteiger partial charge < -0.3 is 42.3 Å². The standard InChI is InChI=1S/C33H45N5O9/c1-18(2)16-25(37-31(44)27(19(3)4)38-29(42)23(34)14-15-26(39)40)30(43)36-24(17-20-8-6-5-7-9-20)28(41)32(45)35-22-12-10-21(11-13-22)33(46)47/h5-13,18-19,23-25,27-28,41H,14-17,34H2,1-4H3,(H,35,45)(H,36,43)(H,37,44)(H,38,42)(H,39,40)(H,46,47)/t23-,24-,25-,27-,28+/m0/s1. The van der Waals surface area contributed by atoms with Crippen LogP contribution in [0.25, 0.3) is 0 Å². The first-order valence-electron chi connectivity index (χ1n) is 15.3. The molecule has 0 saturated carbocycles. The molecule has 0 saturated heterocycles. The lowest BCUT2D eigenvalue weighted by molar-refractivity contribution is -0.137. The summed E-state index contributed by atoms with van der Waals surface area (Å²) in [4.78, 5) is 74.8. The van der Waals surface area contributed by atoms with Gasteiger partial charge in [0, 0.05) is 12.1 Å². The minimum atomic E-state index is -1.75. The van der Waals surface area contributed by atoms with Crippen molar-refractivity contribution >= 4 is 41.3 Å². The number of hydrogen-bond donors (Lipinski definition) is 8. The summed E-state index contributed by atoms with van der Waals surface area (Å²) in [6.07, 6.45) is -1.96. The molecule has 5 atom stereocenters. The largest absolute Gasteiger partial charge is 0.481 e. The first kappa shape index (κ1) is 38.4. The third-order valence-electron chi connectivity index (χ3n) is 7.27. The Labute approximate surface area is 273 Å². The van der Waals surface area contributed by atoms with E-state index < -0.39 is 71.8 Å². The van der Waals surface area contributed by atoms with E-state index in [9.17, 15) is 33.9 Å². The molecule has 0 aliphatic heterocycles. The first-order valence-corrected chi connectivity index (χ1v) is 15.3. The van der Waals surface area contributed by atoms with Gasteiger partial charge in [0.05, 0.1) is 17.6 Å². The number of carbonyl (C=O) groups excluding carboxylic acids is 4. The zero-order chi connectivity index (χ0) is 35.3. The van der Waals surface area contributed by atoms with Crippen LogP contribution in [0.1, 0.15) is 62.9 Å². The van der Waals surface area contributed by atoms with Crippen molar-refractivity contribution in [2.75, 3.05) is 5.32 Å². The summed E-state index contributed by atoms with van der Waals surface area (Å²) in [5.41, 5.74) is 6.77. The van der Waals surface area contributed by atoms with Gasteiger partial charge in [-0.2, -0.15) is 0 Å². The first-order chi connectivity index (χ1) is 22.1. The van der Waals surface area contributed by atoms with E-state index in [0.29, 0.717) is 5.56 Å². The van der Waals surface area contributed by atoms with E-state index in [0.717, 1.165) is 0 Å². The molecule has 0 aromatic heterocycles. The maximum atomic E-state index is 13.7. The normalized spacial score (nSPS) is 14.3. The Kier molecular flexibility index (Phi) is 15.0. The maximum absolute atomic E-state index is 13.7. The highest BCUT2D eigenvalue weighted by Gasteiger charge is 2.34. The van der Waals surface area contributed by atoms with E-state index in [4.69, 9.17) is 15.9 Å². The predicted octanol–water partition coefficient (Wildman–Crippen LogP) is 1.28. The van der Waals surface area contributed by atoms with Gasteiger partial charge in [0.15, 0.2) is 6.10 Å². The lowest BCUT2D eigenvalue weighted by Crippen LogP contribution is -2.59. The van der Waals surface area contributed by atoms with Crippen molar-refractivity contribution in [2.24, 2.45) is 17.6 Å². The van der Waals surface area contributed by atoms with Gasteiger partial charge in [-0.25, -0.2) is 4.79 Å². The Morgan fingerprint density at radius 2 is 1.38 bits per heavy atom. The SMILES string of the molecule is CC(C)C[C@H](NC(=O)[C@@H](NC(=O)[C@@H](N)CCC(=O)O)C(C)C)C(=O)N[C@@H](Cc1ccccc1)[C@@H](O)C(=O)Nc1ccc(C(=O)O)cc1. The Morgan fingerprint density at radius 3 is 1.91 bits per heavy atom. The molecule has 0 aliphatic rings. The summed E-state index contributed by atoms with van der Waals surface area (Å²) >= 11 is 0. The number of amides is 4. The van der Waals surface area contributed by atoms with Crippen molar-refractivity contribution in [3.8, 4) is 0 Å². The van der Waals surface area contributed by atoms with Crippen molar-refractivity contribution in [3.05, 3.63) is 65.7 Å². The average Bonchev–Trinajstić information content (AvgIpc) is 3.01. The van der Waals surface area contributed by atoms with E-state index >= 15 is 0 Å². The van der Waals surface area contributed by atoms with Gasteiger partial charge >= 0.3 is 11.9 Å². The second-order valence-corrected chi connectivity index (χ2v) is 12.1. The van der Waals surface area contributed by atoms with Crippen molar-refractivity contribution in [3.63, 3.8) is 0 Å². The Morgan fingerprint density at radius 1 is 0.766 bits per heavy atom. The number of carboxylic acid groups (broad SMARTS) is 2. The molecule has 14 heteroatoms. The minimum absolute atomic E-state index is 0.0105. The number of benzene rings is 2. The van der Waals surface area contributed by atoms with Gasteiger partial charge in [0.25, 0.3) is 5.91 Å². The van der Waals surface area contributed by atoms with Crippen LogP contribution in [0.15, 0.2) is 54.6 Å². The molecule has 2 aromatic carbocycles. The Balaban J connectivity index is 2.25. The van der Waals surface area contributed by atoms with Crippen LogP contribution >= 0.6 is 0 Å². The molecule has 0 unspecified atom stereocenters. The molecule has 0 bridgehead atoms. The van der Waals surface area contributed by atoms with Crippen LogP contribution in [0.4, 0.5) is 5.69 Å². The van der Waals surface area contributed by atoms with Crippen LogP contribution in [-0.2, 0) is 30.4 Å². The zero-order valence-electron chi connectivity index (χ0n) is 26.9. The molecule has 0 aliphatic carbocycles. The maximum Gasteiger partial charge on any atom is 0.335 e. The average molecular weight is 656 g/mol. The quantitative estimate of drug-likeness (QED) is 0.114. The van der Waals surface area contributed by atoms with E-state index in [2.05, 4.69) is 21.3 Å². The molecule has 2 aromatic rings. The fourth-order valence-corrected chi connectivity index (χ4v) is 4.66. The topological polar surface area (TPSA) is 237 Å². The third-order valence-corrected chi connectivity index (χ3v) is 7.27. The lowest BCUT2D eigenvalue weighted by atomic mass is 9.97. The molecule has 0 spiro atoms. The molecule has 9 N–H and O–H groups in total. The number of hydrogen-bond acceptors (Lipinski definition) is 8. The molecule has 4 amide bonds. The third kappa shape index (κ3) is 12.8. The smallest absolute Gasteiger partial charge is 0.335 e. The van der Waals surface area contributed by atoms with Crippen LogP contribution < -0.4 is 27.0 Å². The molecule has 47 heavy (non-hydrogen) atoms. The second-order valence-electron chi connectivity index (χ2n) is 12.1. The number of aliphatic hydroxyl groups excluding tert-OH is 1. The summed E-state index contributed by atoms with van der Waals surface area (Å²) in [6, 6.07) is 9.68. The Hall–Kier alpha value is -4.82. The molecule has 0 fully saturated rings. The van der Waals surface area contributed by atoms with Crippen LogP contribution in [0.2, 0.25) is 0 Å². The molecule has 256 valence electrons. The number of nitrogens with two attached hydrogens (primary N) is 1. The van der Waals surface area contributed by atoms with E-state index in [-0.39, 0.29) is 42.9 Å². The molecular weight excluding hydrogens is 610 g/mol. The van der Waals surface area contributed by atoms with Gasteiger partial charge in [-0.05, 0) is 60.9 Å². The lowest BCUT2D eigenvalue weighted by Gasteiger charge is -2.29. The van der Waals surface area contributed by atoms with Gasteiger partial charge in [-0.3, -0.25) is 24.0 Å². The Bertz CT molecular complexity index is 1380. The number of carbonyl (C=O) groups is 6. The summed E-state index contributed by atoms with van der Waals surface area (Å²) < 4.78 is 0. The highest BCUT2D eigenvalue weighted by molar-refractivity contribution is 5.97. The fraction of sp³-hybridized carbons (Fsp3) is 0.455. The van der Waals surface area contributed by atoms with Gasteiger partial charge in [-0.15, -0.1) is 0 Å². The number of carboxylic acids is 2. The summed E-state index contributed by atoms with van der Waals surface area (Å²) in [5.74, 6) is -5.64. The number of aliphatic hydroxyl groups is 1. The number of aliphatic carboxylic acids is 1. The van der Waals surface area contributed by atoms with Gasteiger partial charge in [0.1, 0.15) is 12.1 Å². The van der Waals surface area contributed by atoms with Crippen molar-refractivity contribution < 1.29 is 44.1 Å². The van der Waals surface area contributed by atoms with Crippen LogP contribution in [-0.4, -0.2) is 81.2 Å². The summed E-state index contributed by atoms with van der Waals surface area (Å²) in [7, 11) is 0. The number of rotatable bonds is 18. The fourth-order valence-electron chi connectivity index (χ4n) is 4.66. The second kappa shape index (κ2) is 18.4. The van der Waals surface area contributed by atoms with Crippen LogP contribution in [0.5, 0.6) is 0 Å². The molecule has 2 rings (SSSR count). The van der Waals surface area contributed by atoms with Crippen molar-refractivity contribution in [2.45, 2.75) is 83.6 Å². The van der Waals surface area contributed by atoms with Crippen LogP contribution in [0.3, 0.4) is 0 Å². The molecule has 0 heterocycles. The summed E-state index contributed by atoms with van der Waals surface area (Å²) in [6.45, 7) is 7.06. The molecular formula is C33H45N5O9. The zero-order valence-corrected chi connectivity index (χ0v) is 26.9. The van der Waals surface area contributed by atoms with Gasteiger partial charge in [0.2, 0.25) is 17.7 Å². The minimum Gasteiger partial charge on any atom is -0.481 e.